The second-order valence-electron chi connectivity index (χ2n) is 9.82. The Morgan fingerprint density at radius 3 is 2.42 bits per heavy atom. The van der Waals surface area contributed by atoms with Crippen LogP contribution in [0.1, 0.15) is 30.5 Å². The van der Waals surface area contributed by atoms with Crippen LogP contribution in [0.5, 0.6) is 5.88 Å². The highest BCUT2D eigenvalue weighted by Crippen LogP contribution is 2.33. The van der Waals surface area contributed by atoms with Gasteiger partial charge in [0.1, 0.15) is 0 Å². The predicted octanol–water partition coefficient (Wildman–Crippen LogP) is 4.60. The molecule has 0 spiro atoms. The summed E-state index contributed by atoms with van der Waals surface area (Å²) in [6.45, 7) is 8.25. The maximum Gasteiger partial charge on any atom is 0.235 e. The molecule has 2 heterocycles. The van der Waals surface area contributed by atoms with E-state index in [0.29, 0.717) is 27.9 Å². The molecular formula is C29H33N5O3S. The molecule has 0 amide bonds. The molecule has 3 aromatic carbocycles. The van der Waals surface area contributed by atoms with Crippen LogP contribution in [-0.2, 0) is 16.6 Å². The fraction of sp³-hybridized carbons (Fsp3) is 0.276. The molecule has 1 aromatic heterocycles. The lowest BCUT2D eigenvalue weighted by atomic mass is 10.0. The van der Waals surface area contributed by atoms with E-state index in [1.54, 1.807) is 32.0 Å². The molecule has 1 aliphatic rings. The summed E-state index contributed by atoms with van der Waals surface area (Å²) in [6, 6.07) is 23.0. The Hall–Kier alpha value is -3.66. The van der Waals surface area contributed by atoms with Gasteiger partial charge in [-0.15, -0.1) is 0 Å². The summed E-state index contributed by atoms with van der Waals surface area (Å²) < 4.78 is 27.6. The Morgan fingerprint density at radius 2 is 1.74 bits per heavy atom. The van der Waals surface area contributed by atoms with Crippen molar-refractivity contribution >= 4 is 38.0 Å². The van der Waals surface area contributed by atoms with Crippen LogP contribution in [0.15, 0.2) is 77.8 Å². The molecule has 9 heteroatoms. The molecule has 0 unspecified atom stereocenters. The van der Waals surface area contributed by atoms with Gasteiger partial charge in [-0.2, -0.15) is 0 Å². The summed E-state index contributed by atoms with van der Waals surface area (Å²) in [5, 5.41) is 14.5. The van der Waals surface area contributed by atoms with Gasteiger partial charge in [-0.3, -0.25) is 9.62 Å². The molecular weight excluding hydrogens is 498 g/mol. The Morgan fingerprint density at radius 1 is 1.03 bits per heavy atom. The summed E-state index contributed by atoms with van der Waals surface area (Å²) in [5.74, 6) is -0.0261. The first kappa shape index (κ1) is 26.0. The van der Waals surface area contributed by atoms with Gasteiger partial charge in [-0.1, -0.05) is 42.5 Å². The molecule has 0 radical (unpaired) electrons. The fourth-order valence-electron chi connectivity index (χ4n) is 4.56. The summed E-state index contributed by atoms with van der Waals surface area (Å²) in [6.07, 6.45) is 0. The van der Waals surface area contributed by atoms with E-state index in [1.165, 1.54) is 5.56 Å². The number of fused-ring (bicyclic) bond motifs is 1. The molecule has 0 bridgehead atoms. The highest BCUT2D eigenvalue weighted by Gasteiger charge is 2.21. The standard InChI is InChI=1S/C29H33N5O3S/c1-20(2)38(36,37)33-24-12-13-26-25(18-24)27(29(35)32-26)28(22-6-4-3-5-7-22)31-23-10-8-21(9-11-23)19-34-16-14-30-15-17-34/h3-13,18,20,30,32-33,35H,14-17,19H2,1-2H3. The first-order valence-corrected chi connectivity index (χ1v) is 14.4. The van der Waals surface area contributed by atoms with E-state index >= 15 is 0 Å². The highest BCUT2D eigenvalue weighted by molar-refractivity contribution is 7.93. The SMILES string of the molecule is CC(C)S(=O)(=O)Nc1ccc2[nH]c(O)c(C(=Nc3ccc(CN4CCNCC4)cc3)c3ccccc3)c2c1. The van der Waals surface area contributed by atoms with Gasteiger partial charge in [0.2, 0.25) is 10.0 Å². The Bertz CT molecular complexity index is 1540. The van der Waals surface area contributed by atoms with Crippen LogP contribution < -0.4 is 10.0 Å². The number of nitrogens with zero attached hydrogens (tertiary/aromatic N) is 2. The van der Waals surface area contributed by atoms with E-state index < -0.39 is 15.3 Å². The number of anilines is 1. The van der Waals surface area contributed by atoms with Crippen LogP contribution in [0.2, 0.25) is 0 Å². The van der Waals surface area contributed by atoms with E-state index in [-0.39, 0.29) is 5.88 Å². The second kappa shape index (κ2) is 11.0. The van der Waals surface area contributed by atoms with Crippen LogP contribution >= 0.6 is 0 Å². The van der Waals surface area contributed by atoms with Gasteiger partial charge < -0.3 is 15.4 Å². The van der Waals surface area contributed by atoms with Crippen LogP contribution in [0.25, 0.3) is 10.9 Å². The van der Waals surface area contributed by atoms with E-state index in [1.807, 2.05) is 42.5 Å². The predicted molar refractivity (Wildman–Crippen MR) is 154 cm³/mol. The van der Waals surface area contributed by atoms with E-state index in [0.717, 1.165) is 44.0 Å². The largest absolute Gasteiger partial charge is 0.494 e. The molecule has 1 fully saturated rings. The smallest absolute Gasteiger partial charge is 0.235 e. The lowest BCUT2D eigenvalue weighted by Gasteiger charge is -2.27. The molecule has 0 saturated carbocycles. The van der Waals surface area contributed by atoms with Crippen molar-refractivity contribution in [1.82, 2.24) is 15.2 Å². The molecule has 4 N–H and O–H groups in total. The third kappa shape index (κ3) is 5.75. The van der Waals surface area contributed by atoms with E-state index in [9.17, 15) is 13.5 Å². The number of hydrogen-bond acceptors (Lipinski definition) is 6. The second-order valence-corrected chi connectivity index (χ2v) is 12.1. The molecule has 1 saturated heterocycles. The average molecular weight is 532 g/mol. The number of piperazine rings is 1. The third-order valence-corrected chi connectivity index (χ3v) is 8.50. The number of hydrogen-bond donors (Lipinski definition) is 4. The lowest BCUT2D eigenvalue weighted by molar-refractivity contribution is 0.233. The highest BCUT2D eigenvalue weighted by atomic mass is 32.2. The number of benzene rings is 3. The van der Waals surface area contributed by atoms with Crippen molar-refractivity contribution in [3.8, 4) is 5.88 Å². The van der Waals surface area contributed by atoms with Gasteiger partial charge in [-0.05, 0) is 49.7 Å². The minimum atomic E-state index is -3.52. The number of sulfonamides is 1. The van der Waals surface area contributed by atoms with Gasteiger partial charge in [0, 0.05) is 54.9 Å². The average Bonchev–Trinajstić information content (AvgIpc) is 3.24. The van der Waals surface area contributed by atoms with Gasteiger partial charge in [0.25, 0.3) is 0 Å². The number of rotatable bonds is 8. The third-order valence-electron chi connectivity index (χ3n) is 6.74. The maximum absolute atomic E-state index is 12.5. The summed E-state index contributed by atoms with van der Waals surface area (Å²) in [5.41, 5.74) is 5.04. The lowest BCUT2D eigenvalue weighted by Crippen LogP contribution is -2.42. The quantitative estimate of drug-likeness (QED) is 0.249. The van der Waals surface area contributed by atoms with E-state index in [4.69, 9.17) is 4.99 Å². The van der Waals surface area contributed by atoms with Crippen molar-refractivity contribution < 1.29 is 13.5 Å². The molecule has 1 aliphatic heterocycles. The monoisotopic (exact) mass is 531 g/mol. The number of nitrogens with one attached hydrogen (secondary N) is 3. The minimum absolute atomic E-state index is 0.0261. The van der Waals surface area contributed by atoms with Crippen LogP contribution in [0, 0.1) is 0 Å². The maximum atomic E-state index is 12.5. The van der Waals surface area contributed by atoms with E-state index in [2.05, 4.69) is 32.1 Å². The number of H-pyrrole nitrogens is 1. The number of aromatic amines is 1. The molecule has 5 rings (SSSR count). The number of aliphatic imine (C=N–C) groups is 1. The summed E-state index contributed by atoms with van der Waals surface area (Å²) in [4.78, 5) is 10.4. The van der Waals surface area contributed by atoms with Crippen LogP contribution in [-0.4, -0.2) is 60.5 Å². The zero-order valence-corrected chi connectivity index (χ0v) is 22.4. The number of aromatic hydroxyl groups is 1. The van der Waals surface area contributed by atoms with Crippen molar-refractivity contribution in [1.29, 1.82) is 0 Å². The van der Waals surface area contributed by atoms with Gasteiger partial charge in [0.05, 0.1) is 22.2 Å². The summed E-state index contributed by atoms with van der Waals surface area (Å²) in [7, 11) is -3.52. The first-order valence-electron chi connectivity index (χ1n) is 12.8. The molecule has 38 heavy (non-hydrogen) atoms. The van der Waals surface area contributed by atoms with Gasteiger partial charge >= 0.3 is 0 Å². The van der Waals surface area contributed by atoms with Crippen molar-refractivity contribution in [2.45, 2.75) is 25.6 Å². The Labute approximate surface area is 223 Å². The Kier molecular flexibility index (Phi) is 7.51. The van der Waals surface area contributed by atoms with Crippen molar-refractivity contribution in [3.05, 3.63) is 89.5 Å². The first-order chi connectivity index (χ1) is 18.3. The normalized spacial score (nSPS) is 15.3. The number of aromatic nitrogens is 1. The Balaban J connectivity index is 1.54. The molecule has 0 atom stereocenters. The van der Waals surface area contributed by atoms with Crippen molar-refractivity contribution in [3.63, 3.8) is 0 Å². The molecule has 198 valence electrons. The zero-order valence-electron chi connectivity index (χ0n) is 21.6. The molecule has 4 aromatic rings. The van der Waals surface area contributed by atoms with Crippen molar-refractivity contribution in [2.24, 2.45) is 4.99 Å². The topological polar surface area (TPSA) is 110 Å². The fourth-order valence-corrected chi connectivity index (χ4v) is 5.25. The van der Waals surface area contributed by atoms with Gasteiger partial charge in [-0.25, -0.2) is 13.4 Å². The minimum Gasteiger partial charge on any atom is -0.494 e. The molecule has 8 nitrogen and oxygen atoms in total. The van der Waals surface area contributed by atoms with Gasteiger partial charge in [0.15, 0.2) is 5.88 Å². The summed E-state index contributed by atoms with van der Waals surface area (Å²) >= 11 is 0. The zero-order chi connectivity index (χ0) is 26.7. The van der Waals surface area contributed by atoms with Crippen LogP contribution in [0.4, 0.5) is 11.4 Å². The molecule has 0 aliphatic carbocycles. The van der Waals surface area contributed by atoms with Crippen molar-refractivity contribution in [2.75, 3.05) is 30.9 Å². The van der Waals surface area contributed by atoms with Crippen LogP contribution in [0.3, 0.4) is 0 Å².